The van der Waals surface area contributed by atoms with Gasteiger partial charge in [0.15, 0.2) is 0 Å². The van der Waals surface area contributed by atoms with Gasteiger partial charge >= 0.3 is 0 Å². The van der Waals surface area contributed by atoms with Crippen molar-refractivity contribution in [1.29, 1.82) is 0 Å². The molecule has 2 rings (SSSR count). The molecule has 4 nitrogen and oxygen atoms in total. The maximum absolute atomic E-state index is 11.3. The Hall–Kier alpha value is -1.10. The Morgan fingerprint density at radius 2 is 2.38 bits per heavy atom. The zero-order valence-electron chi connectivity index (χ0n) is 12.1. The summed E-state index contributed by atoms with van der Waals surface area (Å²) in [5.41, 5.74) is -0.0297. The molecule has 5 heteroatoms. The summed E-state index contributed by atoms with van der Waals surface area (Å²) >= 11 is 6.09. The second-order valence-electron chi connectivity index (χ2n) is 5.65. The van der Waals surface area contributed by atoms with Crippen molar-refractivity contribution in [2.45, 2.75) is 31.3 Å². The number of carbonyl (C=O) groups is 1. The maximum Gasteiger partial charge on any atom is 0.207 e. The van der Waals surface area contributed by atoms with E-state index in [1.54, 1.807) is 0 Å². The van der Waals surface area contributed by atoms with E-state index in [2.05, 4.69) is 10.6 Å². The second kappa shape index (κ2) is 7.78. The van der Waals surface area contributed by atoms with Crippen molar-refractivity contribution in [3.8, 4) is 0 Å². The van der Waals surface area contributed by atoms with Crippen LogP contribution in [0.3, 0.4) is 0 Å². The first kappa shape index (κ1) is 16.3. The predicted molar refractivity (Wildman–Crippen MR) is 84.2 cm³/mol. The monoisotopic (exact) mass is 310 g/mol. The summed E-state index contributed by atoms with van der Waals surface area (Å²) in [4.78, 5) is 10.3. The van der Waals surface area contributed by atoms with E-state index in [-0.39, 0.29) is 5.92 Å². The minimum atomic E-state index is -0.900. The Morgan fingerprint density at radius 3 is 3.05 bits per heavy atom. The summed E-state index contributed by atoms with van der Waals surface area (Å²) in [6.45, 7) is 2.39. The fourth-order valence-electron chi connectivity index (χ4n) is 3.12. The maximum atomic E-state index is 11.3. The van der Waals surface area contributed by atoms with E-state index < -0.39 is 5.60 Å². The molecule has 0 aliphatic carbocycles. The third kappa shape index (κ3) is 4.19. The van der Waals surface area contributed by atoms with Gasteiger partial charge < -0.3 is 15.7 Å². The first-order valence-electron chi connectivity index (χ1n) is 7.53. The third-order valence-corrected chi connectivity index (χ3v) is 4.49. The van der Waals surface area contributed by atoms with Crippen LogP contribution in [0.2, 0.25) is 5.02 Å². The van der Waals surface area contributed by atoms with Gasteiger partial charge in [0.1, 0.15) is 0 Å². The van der Waals surface area contributed by atoms with Gasteiger partial charge in [0.2, 0.25) is 6.41 Å². The van der Waals surface area contributed by atoms with Crippen LogP contribution in [0.25, 0.3) is 0 Å². The number of hydrogen-bond acceptors (Lipinski definition) is 3. The lowest BCUT2D eigenvalue weighted by Crippen LogP contribution is -2.44. The summed E-state index contributed by atoms with van der Waals surface area (Å²) < 4.78 is 0. The normalized spacial score (nSPS) is 21.5. The Balaban J connectivity index is 2.17. The van der Waals surface area contributed by atoms with Crippen molar-refractivity contribution in [2.75, 3.05) is 19.6 Å². The van der Waals surface area contributed by atoms with E-state index in [0.717, 1.165) is 37.9 Å². The van der Waals surface area contributed by atoms with Crippen molar-refractivity contribution in [1.82, 2.24) is 10.6 Å². The summed E-state index contributed by atoms with van der Waals surface area (Å²) in [6.07, 6.45) is 4.11. The van der Waals surface area contributed by atoms with Crippen molar-refractivity contribution in [3.63, 3.8) is 0 Å². The molecule has 1 heterocycles. The number of aliphatic hydroxyl groups is 1. The summed E-state index contributed by atoms with van der Waals surface area (Å²) in [5, 5.41) is 18.0. The van der Waals surface area contributed by atoms with Crippen LogP contribution in [-0.4, -0.2) is 31.2 Å². The van der Waals surface area contributed by atoms with Crippen LogP contribution in [0.15, 0.2) is 24.3 Å². The highest BCUT2D eigenvalue weighted by Gasteiger charge is 2.38. The lowest BCUT2D eigenvalue weighted by molar-refractivity contribution is -0.109. The van der Waals surface area contributed by atoms with Gasteiger partial charge in [-0.15, -0.1) is 0 Å². The minimum Gasteiger partial charge on any atom is -0.385 e. The average Bonchev–Trinajstić information content (AvgIpc) is 2.52. The van der Waals surface area contributed by atoms with Crippen molar-refractivity contribution in [3.05, 3.63) is 34.9 Å². The standard InChI is InChI=1S/C16H23ClN2O2/c17-15-6-1-4-13(10-15)16(21,7-3-9-19-12-20)14-5-2-8-18-11-14/h1,4,6,10,12,14,18,21H,2-3,5,7-9,11H2,(H,19,20)/t14-,16-/m1/s1. The molecule has 2 atom stereocenters. The quantitative estimate of drug-likeness (QED) is 0.533. The molecule has 0 bridgehead atoms. The van der Waals surface area contributed by atoms with Crippen molar-refractivity contribution in [2.24, 2.45) is 5.92 Å². The van der Waals surface area contributed by atoms with Crippen molar-refractivity contribution >= 4 is 18.0 Å². The van der Waals surface area contributed by atoms with Gasteiger partial charge in [-0.25, -0.2) is 0 Å². The van der Waals surface area contributed by atoms with Gasteiger partial charge in [-0.1, -0.05) is 23.7 Å². The molecule has 1 aromatic carbocycles. The number of rotatable bonds is 7. The lowest BCUT2D eigenvalue weighted by Gasteiger charge is -2.39. The molecule has 1 aliphatic rings. The summed E-state index contributed by atoms with van der Waals surface area (Å²) in [7, 11) is 0. The molecule has 1 amide bonds. The first-order valence-corrected chi connectivity index (χ1v) is 7.91. The lowest BCUT2D eigenvalue weighted by atomic mass is 9.74. The van der Waals surface area contributed by atoms with Crippen LogP contribution in [0.1, 0.15) is 31.2 Å². The van der Waals surface area contributed by atoms with Crippen molar-refractivity contribution < 1.29 is 9.90 Å². The highest BCUT2D eigenvalue weighted by molar-refractivity contribution is 6.30. The topological polar surface area (TPSA) is 61.4 Å². The number of halogens is 1. The molecular weight excluding hydrogens is 288 g/mol. The molecule has 0 saturated carbocycles. The van der Waals surface area contributed by atoms with Gasteiger partial charge in [0, 0.05) is 24.0 Å². The average molecular weight is 311 g/mol. The van der Waals surface area contributed by atoms with Gasteiger partial charge in [-0.3, -0.25) is 4.79 Å². The fourth-order valence-corrected chi connectivity index (χ4v) is 3.31. The highest BCUT2D eigenvalue weighted by Crippen LogP contribution is 2.38. The van der Waals surface area contributed by atoms with Crippen LogP contribution in [0.5, 0.6) is 0 Å². The Morgan fingerprint density at radius 1 is 1.52 bits per heavy atom. The molecule has 0 unspecified atom stereocenters. The number of amides is 1. The van der Waals surface area contributed by atoms with E-state index in [1.165, 1.54) is 0 Å². The number of piperidine rings is 1. The van der Waals surface area contributed by atoms with Gasteiger partial charge in [-0.05, 0) is 49.9 Å². The molecule has 0 spiro atoms. The smallest absolute Gasteiger partial charge is 0.207 e. The zero-order valence-corrected chi connectivity index (χ0v) is 12.9. The van der Waals surface area contributed by atoms with Crippen LogP contribution < -0.4 is 10.6 Å². The third-order valence-electron chi connectivity index (χ3n) is 4.26. The molecule has 1 fully saturated rings. The Bertz CT molecular complexity index is 463. The van der Waals surface area contributed by atoms with Crippen LogP contribution in [0.4, 0.5) is 0 Å². The molecule has 3 N–H and O–H groups in total. The van der Waals surface area contributed by atoms with E-state index in [0.29, 0.717) is 24.4 Å². The van der Waals surface area contributed by atoms with Gasteiger partial charge in [-0.2, -0.15) is 0 Å². The minimum absolute atomic E-state index is 0.168. The van der Waals surface area contributed by atoms with E-state index in [1.807, 2.05) is 24.3 Å². The molecule has 0 aromatic heterocycles. The summed E-state index contributed by atoms with van der Waals surface area (Å²) in [5.74, 6) is 0.168. The Kier molecular flexibility index (Phi) is 6.03. The number of benzene rings is 1. The summed E-state index contributed by atoms with van der Waals surface area (Å²) in [6, 6.07) is 7.48. The van der Waals surface area contributed by atoms with Gasteiger partial charge in [0.05, 0.1) is 5.60 Å². The van der Waals surface area contributed by atoms with E-state index >= 15 is 0 Å². The molecule has 1 aromatic rings. The second-order valence-corrected chi connectivity index (χ2v) is 6.09. The largest absolute Gasteiger partial charge is 0.385 e. The fraction of sp³-hybridized carbons (Fsp3) is 0.562. The molecule has 21 heavy (non-hydrogen) atoms. The number of carbonyl (C=O) groups excluding carboxylic acids is 1. The van der Waals surface area contributed by atoms with E-state index in [4.69, 9.17) is 11.6 Å². The Labute approximate surface area is 130 Å². The molecule has 1 saturated heterocycles. The number of hydrogen-bond donors (Lipinski definition) is 3. The predicted octanol–water partition coefficient (Wildman–Crippen LogP) is 2.05. The molecule has 0 radical (unpaired) electrons. The van der Waals surface area contributed by atoms with Gasteiger partial charge in [0.25, 0.3) is 0 Å². The van der Waals surface area contributed by atoms with Crippen LogP contribution in [0, 0.1) is 5.92 Å². The van der Waals surface area contributed by atoms with Crippen LogP contribution >= 0.6 is 11.6 Å². The van der Waals surface area contributed by atoms with Crippen LogP contribution in [-0.2, 0) is 10.4 Å². The molecule has 1 aliphatic heterocycles. The van der Waals surface area contributed by atoms with E-state index in [9.17, 15) is 9.90 Å². The zero-order chi connectivity index (χ0) is 15.1. The first-order chi connectivity index (χ1) is 10.2. The molecule has 116 valence electrons. The highest BCUT2D eigenvalue weighted by atomic mass is 35.5. The number of nitrogens with one attached hydrogen (secondary N) is 2. The molecular formula is C16H23ClN2O2. The SMILES string of the molecule is O=CNCCC[C@@](O)(c1cccc(Cl)c1)[C@@H]1CCCNC1.